The van der Waals surface area contributed by atoms with Gasteiger partial charge in [0.25, 0.3) is 0 Å². The first kappa shape index (κ1) is 6.49. The van der Waals surface area contributed by atoms with Crippen molar-refractivity contribution >= 4 is 23.0 Å². The third-order valence-electron chi connectivity index (χ3n) is 1.45. The zero-order valence-corrected chi connectivity index (χ0v) is 6.39. The first-order valence-electron chi connectivity index (χ1n) is 3.20. The lowest BCUT2D eigenvalue weighted by Crippen LogP contribution is -2.03. The maximum absolute atomic E-state index is 5.79. The number of aromatic nitrogens is 1. The van der Waals surface area contributed by atoms with Gasteiger partial charge < -0.3 is 10.6 Å². The molecule has 1 aromatic rings. The van der Waals surface area contributed by atoms with Gasteiger partial charge in [-0.15, -0.1) is 0 Å². The van der Waals surface area contributed by atoms with E-state index in [2.05, 4.69) is 15.6 Å². The molecule has 0 saturated heterocycles. The molecule has 56 valence electrons. The second-order valence-electron chi connectivity index (χ2n) is 2.15. The number of fused-ring (bicyclic) bond motifs is 1. The monoisotopic (exact) mass is 167 g/mol. The molecule has 0 spiro atoms. The van der Waals surface area contributed by atoms with Crippen LogP contribution in [0.15, 0.2) is 24.7 Å². The predicted molar refractivity (Wildman–Crippen MR) is 45.6 cm³/mol. The van der Waals surface area contributed by atoms with E-state index in [1.165, 1.54) is 0 Å². The van der Waals surface area contributed by atoms with Gasteiger partial charge >= 0.3 is 0 Å². The highest BCUT2D eigenvalue weighted by atomic mass is 35.5. The van der Waals surface area contributed by atoms with E-state index in [1.54, 1.807) is 18.6 Å². The molecule has 0 radical (unpaired) electrons. The first-order chi connectivity index (χ1) is 5.38. The summed E-state index contributed by atoms with van der Waals surface area (Å²) in [5, 5.41) is 6.51. The molecule has 0 fully saturated rings. The van der Waals surface area contributed by atoms with Crippen molar-refractivity contribution in [2.45, 2.75) is 0 Å². The van der Waals surface area contributed by atoms with Crippen LogP contribution in [0.1, 0.15) is 0 Å². The summed E-state index contributed by atoms with van der Waals surface area (Å²) in [5.41, 5.74) is 1.78. The lowest BCUT2D eigenvalue weighted by Gasteiger charge is -2.13. The molecule has 1 aliphatic rings. The summed E-state index contributed by atoms with van der Waals surface area (Å²) in [7, 11) is 0. The SMILES string of the molecule is Clc1nccc2c1NC=CN2. The van der Waals surface area contributed by atoms with E-state index in [-0.39, 0.29) is 0 Å². The van der Waals surface area contributed by atoms with Crippen LogP contribution < -0.4 is 10.6 Å². The number of nitrogens with one attached hydrogen (secondary N) is 2. The highest BCUT2D eigenvalue weighted by molar-refractivity contribution is 6.32. The Morgan fingerprint density at radius 1 is 1.27 bits per heavy atom. The van der Waals surface area contributed by atoms with Crippen molar-refractivity contribution in [3.63, 3.8) is 0 Å². The minimum absolute atomic E-state index is 0.486. The van der Waals surface area contributed by atoms with Gasteiger partial charge in [-0.3, -0.25) is 0 Å². The molecule has 0 aliphatic carbocycles. The van der Waals surface area contributed by atoms with Crippen molar-refractivity contribution < 1.29 is 0 Å². The summed E-state index contributed by atoms with van der Waals surface area (Å²) < 4.78 is 0. The van der Waals surface area contributed by atoms with Gasteiger partial charge in [0.1, 0.15) is 0 Å². The normalized spacial score (nSPS) is 13.2. The Kier molecular flexibility index (Phi) is 1.43. The first-order valence-corrected chi connectivity index (χ1v) is 3.58. The smallest absolute Gasteiger partial charge is 0.154 e. The number of halogens is 1. The number of pyridine rings is 1. The maximum Gasteiger partial charge on any atom is 0.154 e. The van der Waals surface area contributed by atoms with Crippen molar-refractivity contribution in [3.8, 4) is 0 Å². The minimum atomic E-state index is 0.486. The van der Waals surface area contributed by atoms with Crippen molar-refractivity contribution in [3.05, 3.63) is 29.8 Å². The van der Waals surface area contributed by atoms with Gasteiger partial charge in [-0.1, -0.05) is 11.6 Å². The van der Waals surface area contributed by atoms with E-state index in [4.69, 9.17) is 11.6 Å². The quantitative estimate of drug-likeness (QED) is 0.581. The predicted octanol–water partition coefficient (Wildman–Crippen LogP) is 2.04. The van der Waals surface area contributed by atoms with Gasteiger partial charge in [-0.25, -0.2) is 4.98 Å². The number of hydrogen-bond acceptors (Lipinski definition) is 3. The van der Waals surface area contributed by atoms with Crippen LogP contribution in [0.25, 0.3) is 0 Å². The fourth-order valence-electron chi connectivity index (χ4n) is 0.950. The van der Waals surface area contributed by atoms with Gasteiger partial charge in [-0.05, 0) is 6.07 Å². The molecule has 0 amide bonds. The molecule has 0 saturated carbocycles. The van der Waals surface area contributed by atoms with Gasteiger partial charge in [-0.2, -0.15) is 0 Å². The Labute approximate surface area is 69.1 Å². The van der Waals surface area contributed by atoms with Crippen LogP contribution in [0.3, 0.4) is 0 Å². The third kappa shape index (κ3) is 1.03. The maximum atomic E-state index is 5.79. The molecule has 4 heteroatoms. The van der Waals surface area contributed by atoms with Crippen molar-refractivity contribution in [1.82, 2.24) is 4.98 Å². The molecular formula is C7H6ClN3. The van der Waals surface area contributed by atoms with E-state index < -0.39 is 0 Å². The molecule has 2 heterocycles. The highest BCUT2D eigenvalue weighted by Gasteiger charge is 2.07. The zero-order valence-electron chi connectivity index (χ0n) is 5.63. The number of anilines is 2. The van der Waals surface area contributed by atoms with Gasteiger partial charge in [0.15, 0.2) is 5.15 Å². The molecule has 0 atom stereocenters. The molecule has 2 rings (SSSR count). The summed E-state index contributed by atoms with van der Waals surface area (Å²) >= 11 is 5.79. The van der Waals surface area contributed by atoms with Crippen LogP contribution >= 0.6 is 11.6 Å². The van der Waals surface area contributed by atoms with Crippen LogP contribution in [0.5, 0.6) is 0 Å². The Morgan fingerprint density at radius 2 is 2.09 bits per heavy atom. The van der Waals surface area contributed by atoms with Crippen molar-refractivity contribution in [2.75, 3.05) is 10.6 Å². The van der Waals surface area contributed by atoms with Crippen LogP contribution in [0, 0.1) is 0 Å². The van der Waals surface area contributed by atoms with E-state index >= 15 is 0 Å². The average Bonchev–Trinajstić information content (AvgIpc) is 2.06. The Morgan fingerprint density at radius 3 is 2.91 bits per heavy atom. The number of hydrogen-bond donors (Lipinski definition) is 2. The highest BCUT2D eigenvalue weighted by Crippen LogP contribution is 2.29. The van der Waals surface area contributed by atoms with E-state index in [9.17, 15) is 0 Å². The molecule has 0 bridgehead atoms. The molecule has 1 aliphatic heterocycles. The minimum Gasteiger partial charge on any atom is -0.358 e. The second-order valence-corrected chi connectivity index (χ2v) is 2.50. The van der Waals surface area contributed by atoms with Crippen LogP contribution in [0.2, 0.25) is 5.15 Å². The zero-order chi connectivity index (χ0) is 7.68. The van der Waals surface area contributed by atoms with Crippen LogP contribution in [-0.4, -0.2) is 4.98 Å². The van der Waals surface area contributed by atoms with Gasteiger partial charge in [0.2, 0.25) is 0 Å². The van der Waals surface area contributed by atoms with E-state index in [1.807, 2.05) is 6.07 Å². The van der Waals surface area contributed by atoms with E-state index in [0.29, 0.717) is 5.15 Å². The van der Waals surface area contributed by atoms with Crippen molar-refractivity contribution in [2.24, 2.45) is 0 Å². The molecule has 2 N–H and O–H groups in total. The molecule has 11 heavy (non-hydrogen) atoms. The Balaban J connectivity index is 2.54. The lowest BCUT2D eigenvalue weighted by atomic mass is 10.3. The third-order valence-corrected chi connectivity index (χ3v) is 1.74. The Hall–Kier alpha value is -1.22. The average molecular weight is 168 g/mol. The summed E-state index contributed by atoms with van der Waals surface area (Å²) in [4.78, 5) is 3.92. The Bertz CT molecular complexity index is 309. The summed E-state index contributed by atoms with van der Waals surface area (Å²) in [5.74, 6) is 0. The topological polar surface area (TPSA) is 37.0 Å². The van der Waals surface area contributed by atoms with E-state index in [0.717, 1.165) is 11.4 Å². The van der Waals surface area contributed by atoms with Crippen LogP contribution in [-0.2, 0) is 0 Å². The van der Waals surface area contributed by atoms with Crippen LogP contribution in [0.4, 0.5) is 11.4 Å². The lowest BCUT2D eigenvalue weighted by molar-refractivity contribution is 1.30. The molecule has 3 nitrogen and oxygen atoms in total. The largest absolute Gasteiger partial charge is 0.358 e. The number of rotatable bonds is 0. The summed E-state index contributed by atoms with van der Waals surface area (Å²) in [6.07, 6.45) is 5.24. The number of nitrogens with zero attached hydrogens (tertiary/aromatic N) is 1. The van der Waals surface area contributed by atoms with Gasteiger partial charge in [0.05, 0.1) is 11.4 Å². The van der Waals surface area contributed by atoms with Gasteiger partial charge in [0, 0.05) is 18.6 Å². The molecule has 0 unspecified atom stereocenters. The fraction of sp³-hybridized carbons (Fsp3) is 0. The fourth-order valence-corrected chi connectivity index (χ4v) is 1.16. The second kappa shape index (κ2) is 2.43. The summed E-state index contributed by atoms with van der Waals surface area (Å²) in [6.45, 7) is 0. The molecule has 1 aromatic heterocycles. The molecule has 0 aromatic carbocycles. The van der Waals surface area contributed by atoms with Crippen molar-refractivity contribution in [1.29, 1.82) is 0 Å². The standard InChI is InChI=1S/C7H6ClN3/c8-7-6-5(1-2-11-7)9-3-4-10-6/h1-4,9-10H. The summed E-state index contributed by atoms with van der Waals surface area (Å²) in [6, 6.07) is 1.86. The molecular weight excluding hydrogens is 162 g/mol.